The smallest absolute Gasteiger partial charge is 0.266 e. The summed E-state index contributed by atoms with van der Waals surface area (Å²) in [7, 11) is -7.54. The SMILES string of the molecule is CN(c1ccccc1F)S(=O)(=O)c1cn(-c2ccc3ncnc(Nc4c(F)ccc(NS(=O)(=O)c5cccc(Cl)c5Cl)c4F)c3n2)c2ccccc12. The van der Waals surface area contributed by atoms with Crippen molar-refractivity contribution in [2.45, 2.75) is 9.79 Å². The minimum atomic E-state index is -4.47. The maximum atomic E-state index is 15.9. The lowest BCUT2D eigenvalue weighted by Gasteiger charge is -2.19. The molecule has 0 aliphatic heterocycles. The second kappa shape index (κ2) is 13.3. The molecule has 0 aliphatic rings. The molecule has 0 aliphatic carbocycles. The van der Waals surface area contributed by atoms with Crippen LogP contribution in [0.25, 0.3) is 27.8 Å². The molecule has 0 bridgehead atoms. The van der Waals surface area contributed by atoms with E-state index in [4.69, 9.17) is 23.2 Å². The van der Waals surface area contributed by atoms with Crippen molar-refractivity contribution in [1.29, 1.82) is 0 Å². The van der Waals surface area contributed by atoms with Crippen LogP contribution < -0.4 is 14.3 Å². The van der Waals surface area contributed by atoms with E-state index in [1.807, 2.05) is 0 Å². The van der Waals surface area contributed by atoms with Crippen LogP contribution in [0.4, 0.5) is 36.1 Å². The van der Waals surface area contributed by atoms with Crippen molar-refractivity contribution in [3.63, 3.8) is 0 Å². The summed E-state index contributed by atoms with van der Waals surface area (Å²) >= 11 is 12.0. The summed E-state index contributed by atoms with van der Waals surface area (Å²) in [4.78, 5) is 12.4. The molecule has 0 atom stereocenters. The van der Waals surface area contributed by atoms with Crippen LogP contribution in [-0.4, -0.2) is 43.4 Å². The third kappa shape index (κ3) is 6.12. The van der Waals surface area contributed by atoms with E-state index < -0.39 is 53.8 Å². The number of para-hydroxylation sites is 2. The molecule has 52 heavy (non-hydrogen) atoms. The first-order valence-corrected chi connectivity index (χ1v) is 18.6. The summed E-state index contributed by atoms with van der Waals surface area (Å²) in [5, 5.41) is 2.54. The minimum Gasteiger partial charge on any atom is -0.333 e. The number of anilines is 4. The molecule has 7 aromatic rings. The van der Waals surface area contributed by atoms with Crippen LogP contribution in [0, 0.1) is 17.5 Å². The Morgan fingerprint density at radius 3 is 2.33 bits per heavy atom. The number of halogens is 5. The number of hydrogen-bond donors (Lipinski definition) is 2. The Labute approximate surface area is 304 Å². The van der Waals surface area contributed by atoms with Crippen LogP contribution in [0.2, 0.25) is 10.0 Å². The number of sulfonamides is 2. The van der Waals surface area contributed by atoms with E-state index in [2.05, 4.69) is 25.0 Å². The van der Waals surface area contributed by atoms with E-state index in [0.29, 0.717) is 10.9 Å². The summed E-state index contributed by atoms with van der Waals surface area (Å²) in [5.74, 6) is -3.11. The van der Waals surface area contributed by atoms with Gasteiger partial charge in [0.25, 0.3) is 20.0 Å². The van der Waals surface area contributed by atoms with Gasteiger partial charge in [-0.2, -0.15) is 0 Å². The Morgan fingerprint density at radius 2 is 1.54 bits per heavy atom. The van der Waals surface area contributed by atoms with E-state index in [0.717, 1.165) is 28.8 Å². The molecule has 0 fully saturated rings. The zero-order valence-electron chi connectivity index (χ0n) is 26.4. The molecular formula is C34H22Cl2F3N7O4S2. The second-order valence-corrected chi connectivity index (χ2v) is 15.5. The lowest BCUT2D eigenvalue weighted by molar-refractivity contribution is 0.588. The molecule has 7 rings (SSSR count). The highest BCUT2D eigenvalue weighted by Gasteiger charge is 2.29. The molecular weight excluding hydrogens is 762 g/mol. The third-order valence-corrected chi connectivity index (χ3v) is 12.1. The number of rotatable bonds is 9. The van der Waals surface area contributed by atoms with Crippen molar-refractivity contribution in [1.82, 2.24) is 19.5 Å². The molecule has 0 radical (unpaired) electrons. The molecule has 11 nitrogen and oxygen atoms in total. The fourth-order valence-electron chi connectivity index (χ4n) is 5.44. The zero-order chi connectivity index (χ0) is 36.9. The van der Waals surface area contributed by atoms with Gasteiger partial charge in [0.05, 0.1) is 32.5 Å². The van der Waals surface area contributed by atoms with Crippen molar-refractivity contribution in [3.8, 4) is 5.82 Å². The van der Waals surface area contributed by atoms with E-state index in [1.165, 1.54) is 54.2 Å². The molecule has 264 valence electrons. The monoisotopic (exact) mass is 783 g/mol. The molecule has 0 amide bonds. The Bertz CT molecular complexity index is 2790. The lowest BCUT2D eigenvalue weighted by Crippen LogP contribution is -2.27. The van der Waals surface area contributed by atoms with Crippen LogP contribution in [0.1, 0.15) is 0 Å². The zero-order valence-corrected chi connectivity index (χ0v) is 29.5. The van der Waals surface area contributed by atoms with E-state index in [9.17, 15) is 21.2 Å². The predicted octanol–water partition coefficient (Wildman–Crippen LogP) is 8.06. The normalized spacial score (nSPS) is 12.0. The molecule has 3 heterocycles. The average Bonchev–Trinajstić information content (AvgIpc) is 3.53. The fraction of sp³-hybridized carbons (Fsp3) is 0.0294. The largest absolute Gasteiger partial charge is 0.333 e. The number of pyridine rings is 1. The molecule has 2 N–H and O–H groups in total. The van der Waals surface area contributed by atoms with Crippen LogP contribution in [-0.2, 0) is 20.0 Å². The number of fused-ring (bicyclic) bond motifs is 2. The number of hydrogen-bond acceptors (Lipinski definition) is 8. The molecule has 0 saturated carbocycles. The van der Waals surface area contributed by atoms with Gasteiger partial charge in [0.1, 0.15) is 44.8 Å². The van der Waals surface area contributed by atoms with Crippen LogP contribution in [0.5, 0.6) is 0 Å². The molecule has 0 spiro atoms. The molecule has 4 aromatic carbocycles. The molecule has 3 aromatic heterocycles. The van der Waals surface area contributed by atoms with Crippen molar-refractivity contribution in [2.24, 2.45) is 0 Å². The lowest BCUT2D eigenvalue weighted by atomic mass is 10.2. The first-order valence-electron chi connectivity index (χ1n) is 15.0. The van der Waals surface area contributed by atoms with E-state index in [1.54, 1.807) is 36.4 Å². The highest BCUT2D eigenvalue weighted by atomic mass is 35.5. The van der Waals surface area contributed by atoms with Gasteiger partial charge in [-0.15, -0.1) is 0 Å². The summed E-state index contributed by atoms with van der Waals surface area (Å²) in [5.41, 5.74) is -0.821. The topological polar surface area (TPSA) is 139 Å². The van der Waals surface area contributed by atoms with Crippen molar-refractivity contribution in [2.75, 3.05) is 21.4 Å². The van der Waals surface area contributed by atoms with Gasteiger partial charge < -0.3 is 5.32 Å². The van der Waals surface area contributed by atoms with Gasteiger partial charge in [-0.1, -0.05) is 59.6 Å². The third-order valence-electron chi connectivity index (χ3n) is 8.00. The molecule has 0 unspecified atom stereocenters. The quantitative estimate of drug-likeness (QED) is 0.150. The van der Waals surface area contributed by atoms with Gasteiger partial charge in [0.15, 0.2) is 11.6 Å². The van der Waals surface area contributed by atoms with Gasteiger partial charge in [-0.25, -0.2) is 45.0 Å². The Morgan fingerprint density at radius 1 is 0.788 bits per heavy atom. The first-order chi connectivity index (χ1) is 24.8. The molecule has 18 heteroatoms. The first kappa shape index (κ1) is 35.0. The highest BCUT2D eigenvalue weighted by Crippen LogP contribution is 2.36. The van der Waals surface area contributed by atoms with Gasteiger partial charge in [-0.05, 0) is 54.6 Å². The minimum absolute atomic E-state index is 0.0288. The summed E-state index contributed by atoms with van der Waals surface area (Å²) in [6.45, 7) is 0. The number of nitrogens with one attached hydrogen (secondary N) is 2. The van der Waals surface area contributed by atoms with E-state index >= 15 is 8.78 Å². The van der Waals surface area contributed by atoms with Crippen LogP contribution in [0.3, 0.4) is 0 Å². The fourth-order valence-corrected chi connectivity index (χ4v) is 8.65. The standard InChI is InChI=1S/C34H22Cl2F3N7O4S2/c1-45(26-11-5-3-9-21(26)37)52(49,50)28-17-46(25-10-4-2-7-19(25)28)29-16-15-24-33(42-29)34(41-18-40-24)43-32-22(38)13-14-23(31(32)39)44-51(47,48)27-12-6-8-20(35)30(27)36/h2-18,44H,1H3,(H,40,41,43). The van der Waals surface area contributed by atoms with Gasteiger partial charge in [0, 0.05) is 18.6 Å². The summed E-state index contributed by atoms with van der Waals surface area (Å²) in [6.07, 6.45) is 2.47. The second-order valence-electron chi connectivity index (χ2n) is 11.1. The van der Waals surface area contributed by atoms with Gasteiger partial charge in [-0.3, -0.25) is 13.6 Å². The van der Waals surface area contributed by atoms with Crippen LogP contribution in [0.15, 0.2) is 113 Å². The van der Waals surface area contributed by atoms with Gasteiger partial charge >= 0.3 is 0 Å². The maximum absolute atomic E-state index is 15.9. The van der Waals surface area contributed by atoms with Crippen molar-refractivity contribution in [3.05, 3.63) is 131 Å². The number of benzene rings is 4. The predicted molar refractivity (Wildman–Crippen MR) is 193 cm³/mol. The average molecular weight is 785 g/mol. The number of nitrogens with zero attached hydrogens (tertiary/aromatic N) is 5. The van der Waals surface area contributed by atoms with E-state index in [-0.39, 0.29) is 43.3 Å². The van der Waals surface area contributed by atoms with Crippen molar-refractivity contribution >= 4 is 88.1 Å². The maximum Gasteiger partial charge on any atom is 0.266 e. The van der Waals surface area contributed by atoms with Crippen LogP contribution >= 0.6 is 23.2 Å². The number of aromatic nitrogens is 4. The highest BCUT2D eigenvalue weighted by molar-refractivity contribution is 7.93. The summed E-state index contributed by atoms with van der Waals surface area (Å²) < 4.78 is 104. The summed E-state index contributed by atoms with van der Waals surface area (Å²) in [6, 6.07) is 20.8. The van der Waals surface area contributed by atoms with Gasteiger partial charge in [0.2, 0.25) is 0 Å². The Hall–Kier alpha value is -5.42. The Balaban J connectivity index is 1.29. The Kier molecular flexibility index (Phi) is 8.94. The molecule has 0 saturated heterocycles. The van der Waals surface area contributed by atoms with Crippen molar-refractivity contribution < 1.29 is 30.0 Å².